The summed E-state index contributed by atoms with van der Waals surface area (Å²) in [5.74, 6) is -0.147. The Bertz CT molecular complexity index is 698. The Morgan fingerprint density at radius 1 is 1.09 bits per heavy atom. The summed E-state index contributed by atoms with van der Waals surface area (Å²) in [4.78, 5) is 23.2. The van der Waals surface area contributed by atoms with E-state index >= 15 is 0 Å². The molecule has 0 radical (unpaired) electrons. The Kier molecular flexibility index (Phi) is 6.25. The third-order valence-electron chi connectivity index (χ3n) is 2.60. The topological polar surface area (TPSA) is 79.5 Å². The summed E-state index contributed by atoms with van der Waals surface area (Å²) >= 11 is 9.23. The van der Waals surface area contributed by atoms with Crippen LogP contribution in [-0.2, 0) is 4.79 Å². The summed E-state index contributed by atoms with van der Waals surface area (Å²) in [5, 5.41) is 2.93. The van der Waals surface area contributed by atoms with E-state index in [0.29, 0.717) is 16.5 Å². The first-order valence-corrected chi connectivity index (χ1v) is 7.70. The zero-order valence-corrected chi connectivity index (χ0v) is 14.1. The predicted molar refractivity (Wildman–Crippen MR) is 91.4 cm³/mol. The van der Waals surface area contributed by atoms with E-state index in [1.807, 2.05) is 6.07 Å². The predicted octanol–water partition coefficient (Wildman–Crippen LogP) is 3.33. The number of halogens is 2. The number of rotatable bonds is 4. The van der Waals surface area contributed by atoms with Crippen molar-refractivity contribution in [2.24, 2.45) is 0 Å². The largest absolute Gasteiger partial charge is 0.482 e. The third kappa shape index (κ3) is 5.80. The lowest BCUT2D eigenvalue weighted by Gasteiger charge is -2.10. The second-order valence-electron chi connectivity index (χ2n) is 4.36. The number of benzene rings is 2. The van der Waals surface area contributed by atoms with Crippen LogP contribution in [0.4, 0.5) is 10.5 Å². The van der Waals surface area contributed by atoms with Gasteiger partial charge in [0.2, 0.25) is 0 Å². The summed E-state index contributed by atoms with van der Waals surface area (Å²) in [6, 6.07) is 13.3. The molecular formula is C15H13BrClN3O3. The van der Waals surface area contributed by atoms with Crippen molar-refractivity contribution in [3.05, 3.63) is 58.0 Å². The molecule has 6 nitrogen and oxygen atoms in total. The van der Waals surface area contributed by atoms with Crippen LogP contribution in [-0.4, -0.2) is 18.5 Å². The van der Waals surface area contributed by atoms with Crippen molar-refractivity contribution in [3.63, 3.8) is 0 Å². The first kappa shape index (κ1) is 17.1. The van der Waals surface area contributed by atoms with Crippen LogP contribution in [0.2, 0.25) is 5.02 Å². The molecule has 0 bridgehead atoms. The van der Waals surface area contributed by atoms with Gasteiger partial charge in [-0.05, 0) is 30.3 Å². The summed E-state index contributed by atoms with van der Waals surface area (Å²) < 4.78 is 6.07. The summed E-state index contributed by atoms with van der Waals surface area (Å²) in [6.45, 7) is -0.285. The van der Waals surface area contributed by atoms with Crippen molar-refractivity contribution < 1.29 is 14.3 Å². The maximum atomic E-state index is 11.6. The quantitative estimate of drug-likeness (QED) is 0.691. The molecule has 0 fully saturated rings. The van der Waals surface area contributed by atoms with E-state index in [0.717, 1.165) is 4.47 Å². The fourth-order valence-electron chi connectivity index (χ4n) is 1.58. The van der Waals surface area contributed by atoms with Gasteiger partial charge >= 0.3 is 6.03 Å². The number of anilines is 1. The molecule has 0 aromatic heterocycles. The van der Waals surface area contributed by atoms with Gasteiger partial charge in [0.25, 0.3) is 5.91 Å². The number of ether oxygens (including phenoxy) is 1. The molecule has 0 atom stereocenters. The molecule has 120 valence electrons. The molecular weight excluding hydrogens is 386 g/mol. The number of nitrogens with one attached hydrogen (secondary N) is 3. The Morgan fingerprint density at radius 3 is 2.52 bits per heavy atom. The van der Waals surface area contributed by atoms with Crippen LogP contribution in [0.25, 0.3) is 0 Å². The van der Waals surface area contributed by atoms with Crippen molar-refractivity contribution in [1.82, 2.24) is 10.9 Å². The minimum Gasteiger partial charge on any atom is -0.482 e. The van der Waals surface area contributed by atoms with Gasteiger partial charge in [-0.15, -0.1) is 0 Å². The van der Waals surface area contributed by atoms with Crippen LogP contribution in [0, 0.1) is 0 Å². The van der Waals surface area contributed by atoms with Crippen molar-refractivity contribution in [2.75, 3.05) is 11.9 Å². The molecule has 0 aliphatic heterocycles. The fourth-order valence-corrected chi connectivity index (χ4v) is 2.31. The van der Waals surface area contributed by atoms with E-state index in [2.05, 4.69) is 32.1 Å². The minimum absolute atomic E-state index is 0.285. The van der Waals surface area contributed by atoms with E-state index in [1.165, 1.54) is 0 Å². The SMILES string of the molecule is O=C(COc1ccc(Br)cc1Cl)NNC(=O)Nc1ccccc1. The fraction of sp³-hybridized carbons (Fsp3) is 0.0667. The van der Waals surface area contributed by atoms with Gasteiger partial charge in [-0.2, -0.15) is 0 Å². The molecule has 8 heteroatoms. The normalized spacial score (nSPS) is 9.83. The summed E-state index contributed by atoms with van der Waals surface area (Å²) in [7, 11) is 0. The average molecular weight is 399 g/mol. The average Bonchev–Trinajstić information content (AvgIpc) is 2.53. The van der Waals surface area contributed by atoms with Crippen LogP contribution < -0.4 is 20.9 Å². The van der Waals surface area contributed by atoms with Gasteiger partial charge in [0.05, 0.1) is 5.02 Å². The van der Waals surface area contributed by atoms with Crippen LogP contribution in [0.15, 0.2) is 53.0 Å². The van der Waals surface area contributed by atoms with Crippen LogP contribution in [0.3, 0.4) is 0 Å². The van der Waals surface area contributed by atoms with E-state index in [1.54, 1.807) is 42.5 Å². The second-order valence-corrected chi connectivity index (χ2v) is 5.68. The van der Waals surface area contributed by atoms with Crippen LogP contribution >= 0.6 is 27.5 Å². The molecule has 2 aromatic carbocycles. The number of hydrogen-bond acceptors (Lipinski definition) is 3. The molecule has 3 amide bonds. The molecule has 2 aromatic rings. The number of carbonyl (C=O) groups is 2. The lowest BCUT2D eigenvalue weighted by Crippen LogP contribution is -2.45. The Balaban J connectivity index is 1.73. The van der Waals surface area contributed by atoms with Gasteiger partial charge < -0.3 is 10.1 Å². The zero-order chi connectivity index (χ0) is 16.7. The molecule has 0 heterocycles. The molecule has 0 saturated heterocycles. The standard InChI is InChI=1S/C15H13BrClN3O3/c16-10-6-7-13(12(17)8-10)23-9-14(21)19-20-15(22)18-11-4-2-1-3-5-11/h1-8H,9H2,(H,19,21)(H2,18,20,22). The van der Waals surface area contributed by atoms with Gasteiger partial charge in [0.15, 0.2) is 6.61 Å². The number of hydrazine groups is 1. The van der Waals surface area contributed by atoms with Gasteiger partial charge in [0.1, 0.15) is 5.75 Å². The van der Waals surface area contributed by atoms with Crippen molar-refractivity contribution in [2.45, 2.75) is 0 Å². The highest BCUT2D eigenvalue weighted by atomic mass is 79.9. The van der Waals surface area contributed by atoms with E-state index in [4.69, 9.17) is 16.3 Å². The smallest absolute Gasteiger partial charge is 0.337 e. The summed E-state index contributed by atoms with van der Waals surface area (Å²) in [6.07, 6.45) is 0. The van der Waals surface area contributed by atoms with Gasteiger partial charge in [-0.25, -0.2) is 10.2 Å². The van der Waals surface area contributed by atoms with E-state index < -0.39 is 11.9 Å². The molecule has 0 aliphatic carbocycles. The Hall–Kier alpha value is -2.25. The number of urea groups is 1. The molecule has 2 rings (SSSR count). The molecule has 3 N–H and O–H groups in total. The number of carbonyl (C=O) groups excluding carboxylic acids is 2. The molecule has 0 aliphatic rings. The molecule has 0 saturated carbocycles. The first-order chi connectivity index (χ1) is 11.0. The second kappa shape index (κ2) is 8.40. The highest BCUT2D eigenvalue weighted by molar-refractivity contribution is 9.10. The monoisotopic (exact) mass is 397 g/mol. The minimum atomic E-state index is -0.564. The molecule has 0 unspecified atom stereocenters. The van der Waals surface area contributed by atoms with Crippen molar-refractivity contribution in [3.8, 4) is 5.75 Å². The molecule has 23 heavy (non-hydrogen) atoms. The van der Waals surface area contributed by atoms with Crippen molar-refractivity contribution >= 4 is 45.2 Å². The van der Waals surface area contributed by atoms with Crippen LogP contribution in [0.1, 0.15) is 0 Å². The lowest BCUT2D eigenvalue weighted by atomic mass is 10.3. The maximum absolute atomic E-state index is 11.6. The molecule has 0 spiro atoms. The van der Waals surface area contributed by atoms with Gasteiger partial charge in [-0.3, -0.25) is 10.2 Å². The van der Waals surface area contributed by atoms with Crippen LogP contribution in [0.5, 0.6) is 5.75 Å². The number of amides is 3. The van der Waals surface area contributed by atoms with Crippen molar-refractivity contribution in [1.29, 1.82) is 0 Å². The van der Waals surface area contributed by atoms with Gasteiger partial charge in [0, 0.05) is 10.2 Å². The Labute approximate surface area is 146 Å². The van der Waals surface area contributed by atoms with Gasteiger partial charge in [-0.1, -0.05) is 45.7 Å². The first-order valence-electron chi connectivity index (χ1n) is 6.53. The summed E-state index contributed by atoms with van der Waals surface area (Å²) in [5.41, 5.74) is 5.05. The number of para-hydroxylation sites is 1. The number of hydrogen-bond donors (Lipinski definition) is 3. The zero-order valence-electron chi connectivity index (χ0n) is 11.8. The highest BCUT2D eigenvalue weighted by Crippen LogP contribution is 2.27. The van der Waals surface area contributed by atoms with E-state index in [-0.39, 0.29) is 6.61 Å². The highest BCUT2D eigenvalue weighted by Gasteiger charge is 2.08. The van der Waals surface area contributed by atoms with E-state index in [9.17, 15) is 9.59 Å². The third-order valence-corrected chi connectivity index (χ3v) is 3.39. The Morgan fingerprint density at radius 2 is 1.83 bits per heavy atom. The maximum Gasteiger partial charge on any atom is 0.337 e. The lowest BCUT2D eigenvalue weighted by molar-refractivity contribution is -0.123.